The molecule has 0 saturated heterocycles. The van der Waals surface area contributed by atoms with E-state index in [9.17, 15) is 4.79 Å². The van der Waals surface area contributed by atoms with Crippen molar-refractivity contribution in [3.05, 3.63) is 58.8 Å². The number of alkyl halides is 1. The molecule has 0 radical (unpaired) electrons. The molecule has 102 valence electrons. The number of halogens is 1. The van der Waals surface area contributed by atoms with Gasteiger partial charge in [0.25, 0.3) is 0 Å². The first-order chi connectivity index (χ1) is 9.72. The van der Waals surface area contributed by atoms with E-state index >= 15 is 0 Å². The van der Waals surface area contributed by atoms with Gasteiger partial charge in [0, 0.05) is 23.2 Å². The van der Waals surface area contributed by atoms with Crippen LogP contribution in [0.3, 0.4) is 0 Å². The summed E-state index contributed by atoms with van der Waals surface area (Å²) in [6.07, 6.45) is 0. The Morgan fingerprint density at radius 3 is 2.00 bits per heavy atom. The fourth-order valence-corrected chi connectivity index (χ4v) is 2.73. The van der Waals surface area contributed by atoms with E-state index in [1.165, 1.54) is 0 Å². The van der Waals surface area contributed by atoms with Gasteiger partial charge in [-0.25, -0.2) is 0 Å². The van der Waals surface area contributed by atoms with Gasteiger partial charge in [-0.1, -0.05) is 31.2 Å². The van der Waals surface area contributed by atoms with Crippen molar-refractivity contribution < 1.29 is 0 Å². The normalized spacial score (nSPS) is 12.9. The SMILES string of the molecule is CC(CCl)Cn1c2ccccc2c(=O)c2ccccc21. The molecule has 0 amide bonds. The van der Waals surface area contributed by atoms with E-state index in [1.54, 1.807) is 0 Å². The van der Waals surface area contributed by atoms with Crippen molar-refractivity contribution >= 4 is 33.4 Å². The number of para-hydroxylation sites is 2. The Morgan fingerprint density at radius 1 is 1.00 bits per heavy atom. The van der Waals surface area contributed by atoms with Crippen LogP contribution in [0.1, 0.15) is 6.92 Å². The standard InChI is InChI=1S/C17H16ClNO/c1-12(10-18)11-19-15-8-4-2-6-13(15)17(20)14-7-3-5-9-16(14)19/h2-9,12H,10-11H2,1H3. The van der Waals surface area contributed by atoms with Gasteiger partial charge in [0.2, 0.25) is 0 Å². The third-order valence-corrected chi connectivity index (χ3v) is 4.16. The third-order valence-electron chi connectivity index (χ3n) is 3.64. The molecule has 1 heterocycles. The second-order valence-corrected chi connectivity index (χ2v) is 5.54. The molecule has 0 spiro atoms. The van der Waals surface area contributed by atoms with Crippen LogP contribution >= 0.6 is 11.6 Å². The Kier molecular flexibility index (Phi) is 3.49. The highest BCUT2D eigenvalue weighted by molar-refractivity contribution is 6.18. The summed E-state index contributed by atoms with van der Waals surface area (Å²) in [5.74, 6) is 0.959. The Morgan fingerprint density at radius 2 is 1.50 bits per heavy atom. The average molecular weight is 286 g/mol. The minimum Gasteiger partial charge on any atom is -0.340 e. The molecule has 3 heteroatoms. The maximum Gasteiger partial charge on any atom is 0.197 e. The second-order valence-electron chi connectivity index (χ2n) is 5.23. The van der Waals surface area contributed by atoms with Crippen molar-refractivity contribution in [3.8, 4) is 0 Å². The van der Waals surface area contributed by atoms with Gasteiger partial charge < -0.3 is 4.57 Å². The fourth-order valence-electron chi connectivity index (χ4n) is 2.63. The summed E-state index contributed by atoms with van der Waals surface area (Å²) in [7, 11) is 0. The van der Waals surface area contributed by atoms with Crippen LogP contribution in [0.2, 0.25) is 0 Å². The second kappa shape index (κ2) is 5.29. The molecule has 2 nitrogen and oxygen atoms in total. The van der Waals surface area contributed by atoms with E-state index < -0.39 is 0 Å². The topological polar surface area (TPSA) is 22.0 Å². The molecule has 0 aliphatic rings. The van der Waals surface area contributed by atoms with Crippen LogP contribution in [0.4, 0.5) is 0 Å². The molecular weight excluding hydrogens is 270 g/mol. The van der Waals surface area contributed by atoms with E-state index in [0.29, 0.717) is 11.8 Å². The first-order valence-electron chi connectivity index (χ1n) is 6.78. The third kappa shape index (κ3) is 2.10. The monoisotopic (exact) mass is 285 g/mol. The summed E-state index contributed by atoms with van der Waals surface area (Å²) in [4.78, 5) is 12.6. The van der Waals surface area contributed by atoms with E-state index in [4.69, 9.17) is 11.6 Å². The van der Waals surface area contributed by atoms with Gasteiger partial charge >= 0.3 is 0 Å². The maximum absolute atomic E-state index is 12.6. The predicted molar refractivity (Wildman–Crippen MR) is 85.6 cm³/mol. The van der Waals surface area contributed by atoms with Gasteiger partial charge in [-0.2, -0.15) is 0 Å². The molecule has 0 fully saturated rings. The number of pyridine rings is 1. The van der Waals surface area contributed by atoms with Crippen LogP contribution in [0, 0.1) is 5.92 Å². The number of benzene rings is 2. The van der Waals surface area contributed by atoms with E-state index in [0.717, 1.165) is 28.4 Å². The zero-order valence-electron chi connectivity index (χ0n) is 11.3. The molecule has 0 saturated carbocycles. The molecular formula is C17H16ClNO. The summed E-state index contributed by atoms with van der Waals surface area (Å²) in [5, 5.41) is 1.54. The molecule has 0 aliphatic heterocycles. The summed E-state index contributed by atoms with van der Waals surface area (Å²) >= 11 is 5.96. The lowest BCUT2D eigenvalue weighted by atomic mass is 10.1. The van der Waals surface area contributed by atoms with Gasteiger partial charge in [0.05, 0.1) is 11.0 Å². The molecule has 0 aliphatic carbocycles. The fraction of sp³-hybridized carbons (Fsp3) is 0.235. The van der Waals surface area contributed by atoms with Crippen molar-refractivity contribution in [1.82, 2.24) is 4.57 Å². The number of fused-ring (bicyclic) bond motifs is 2. The van der Waals surface area contributed by atoms with Gasteiger partial charge in [0.1, 0.15) is 0 Å². The zero-order chi connectivity index (χ0) is 14.1. The minimum atomic E-state index is 0.103. The predicted octanol–water partition coefficient (Wildman–Crippen LogP) is 4.03. The van der Waals surface area contributed by atoms with Gasteiger partial charge in [-0.05, 0) is 30.2 Å². The van der Waals surface area contributed by atoms with Crippen molar-refractivity contribution in [2.75, 3.05) is 5.88 Å². The number of hydrogen-bond donors (Lipinski definition) is 0. The van der Waals surface area contributed by atoms with Gasteiger partial charge in [-0.15, -0.1) is 11.6 Å². The van der Waals surface area contributed by atoms with Crippen LogP contribution in [0.25, 0.3) is 21.8 Å². The lowest BCUT2D eigenvalue weighted by Crippen LogP contribution is -2.15. The van der Waals surface area contributed by atoms with Crippen molar-refractivity contribution in [1.29, 1.82) is 0 Å². The molecule has 1 aromatic heterocycles. The highest BCUT2D eigenvalue weighted by atomic mass is 35.5. The molecule has 3 rings (SSSR count). The first-order valence-corrected chi connectivity index (χ1v) is 7.32. The van der Waals surface area contributed by atoms with Crippen LogP contribution in [-0.2, 0) is 6.54 Å². The molecule has 20 heavy (non-hydrogen) atoms. The van der Waals surface area contributed by atoms with Crippen LogP contribution in [0.5, 0.6) is 0 Å². The summed E-state index contributed by atoms with van der Waals surface area (Å²) in [6, 6.07) is 15.6. The number of rotatable bonds is 3. The van der Waals surface area contributed by atoms with Crippen LogP contribution in [-0.4, -0.2) is 10.4 Å². The molecule has 0 bridgehead atoms. The maximum atomic E-state index is 12.6. The minimum absolute atomic E-state index is 0.103. The van der Waals surface area contributed by atoms with Crippen LogP contribution in [0.15, 0.2) is 53.3 Å². The average Bonchev–Trinajstić information content (AvgIpc) is 2.51. The Hall–Kier alpha value is -1.80. The molecule has 1 unspecified atom stereocenters. The molecule has 2 aromatic carbocycles. The molecule has 1 atom stereocenters. The quantitative estimate of drug-likeness (QED) is 0.526. The zero-order valence-corrected chi connectivity index (χ0v) is 12.1. The summed E-state index contributed by atoms with van der Waals surface area (Å²) < 4.78 is 2.21. The van der Waals surface area contributed by atoms with Crippen molar-refractivity contribution in [2.24, 2.45) is 5.92 Å². The number of nitrogens with zero attached hydrogens (tertiary/aromatic N) is 1. The van der Waals surface area contributed by atoms with E-state index in [-0.39, 0.29) is 5.43 Å². The Bertz CT molecular complexity index is 762. The van der Waals surface area contributed by atoms with Crippen molar-refractivity contribution in [2.45, 2.75) is 13.5 Å². The van der Waals surface area contributed by atoms with Crippen molar-refractivity contribution in [3.63, 3.8) is 0 Å². The van der Waals surface area contributed by atoms with Gasteiger partial charge in [-0.3, -0.25) is 4.79 Å². The summed E-state index contributed by atoms with van der Waals surface area (Å²) in [5.41, 5.74) is 2.06. The molecule has 3 aromatic rings. The molecule has 0 N–H and O–H groups in total. The highest BCUT2D eigenvalue weighted by Crippen LogP contribution is 2.20. The first kappa shape index (κ1) is 13.2. The lowest BCUT2D eigenvalue weighted by Gasteiger charge is -2.17. The lowest BCUT2D eigenvalue weighted by molar-refractivity contribution is 0.549. The van der Waals surface area contributed by atoms with E-state index in [1.807, 2.05) is 48.5 Å². The van der Waals surface area contributed by atoms with E-state index in [2.05, 4.69) is 11.5 Å². The van der Waals surface area contributed by atoms with Crippen LogP contribution < -0.4 is 5.43 Å². The van der Waals surface area contributed by atoms with Gasteiger partial charge in [0.15, 0.2) is 5.43 Å². The largest absolute Gasteiger partial charge is 0.340 e. The highest BCUT2D eigenvalue weighted by Gasteiger charge is 2.11. The summed E-state index contributed by atoms with van der Waals surface area (Å²) in [6.45, 7) is 2.93. The Balaban J connectivity index is 2.43. The number of aromatic nitrogens is 1. The number of hydrogen-bond acceptors (Lipinski definition) is 1. The Labute approximate surface area is 122 Å². The smallest absolute Gasteiger partial charge is 0.197 e.